The number of hydrogen-bond acceptors (Lipinski definition) is 1. The highest BCUT2D eigenvalue weighted by atomic mass is 16.5. The van der Waals surface area contributed by atoms with Gasteiger partial charge in [0.1, 0.15) is 6.61 Å². The minimum absolute atomic E-state index is 0.389. The third-order valence-corrected chi connectivity index (χ3v) is 3.11. The minimum Gasteiger partial charge on any atom is -0.365 e. The highest BCUT2D eigenvalue weighted by molar-refractivity contribution is 5.15. The van der Waals surface area contributed by atoms with Crippen LogP contribution in [-0.4, -0.2) is 13.2 Å². The van der Waals surface area contributed by atoms with Crippen LogP contribution < -0.4 is 0 Å². The molecule has 0 heterocycles. The molecule has 19 heavy (non-hydrogen) atoms. The smallest absolute Gasteiger partial charge is 0.107 e. The van der Waals surface area contributed by atoms with E-state index in [2.05, 4.69) is 51.8 Å². The zero-order chi connectivity index (χ0) is 14.5. The van der Waals surface area contributed by atoms with Crippen molar-refractivity contribution in [3.05, 3.63) is 23.8 Å². The molecule has 1 heteroatoms. The predicted octanol–water partition coefficient (Wildman–Crippen LogP) is 4.99. The summed E-state index contributed by atoms with van der Waals surface area (Å²) in [5, 5.41) is 0. The highest BCUT2D eigenvalue weighted by Crippen LogP contribution is 2.15. The average Bonchev–Trinajstić information content (AvgIpc) is 2.34. The van der Waals surface area contributed by atoms with Crippen LogP contribution in [0.25, 0.3) is 0 Å². The van der Waals surface area contributed by atoms with Gasteiger partial charge in [0.15, 0.2) is 0 Å². The van der Waals surface area contributed by atoms with Gasteiger partial charge in [-0.3, -0.25) is 0 Å². The van der Waals surface area contributed by atoms with Gasteiger partial charge in [-0.05, 0) is 25.2 Å². The molecule has 0 saturated carbocycles. The van der Waals surface area contributed by atoms with Crippen molar-refractivity contribution in [1.82, 2.24) is 0 Å². The first kappa shape index (κ1) is 18.0. The molecule has 1 unspecified atom stereocenters. The maximum absolute atomic E-state index is 5.21. The number of allylic oxidation sites excluding steroid dienone is 3. The summed E-state index contributed by atoms with van der Waals surface area (Å²) in [6.45, 7) is 10.0. The molecule has 0 aromatic carbocycles. The second kappa shape index (κ2) is 12.1. The van der Waals surface area contributed by atoms with Gasteiger partial charge in [0.05, 0.1) is 6.61 Å². The van der Waals surface area contributed by atoms with Gasteiger partial charge in [0.25, 0.3) is 0 Å². The van der Waals surface area contributed by atoms with Crippen LogP contribution in [-0.2, 0) is 4.74 Å². The second-order valence-electron chi connectivity index (χ2n) is 5.74. The molecule has 1 nitrogen and oxygen atoms in total. The molecule has 0 aromatic heterocycles. The Morgan fingerprint density at radius 3 is 2.63 bits per heavy atom. The van der Waals surface area contributed by atoms with E-state index >= 15 is 0 Å². The fourth-order valence-electron chi connectivity index (χ4n) is 1.85. The van der Waals surface area contributed by atoms with Crippen molar-refractivity contribution in [3.8, 4) is 12.3 Å². The molecule has 0 amide bonds. The fourth-order valence-corrected chi connectivity index (χ4v) is 1.85. The van der Waals surface area contributed by atoms with E-state index < -0.39 is 0 Å². The van der Waals surface area contributed by atoms with Crippen LogP contribution in [0.2, 0.25) is 0 Å². The monoisotopic (exact) mass is 262 g/mol. The van der Waals surface area contributed by atoms with E-state index in [1.54, 1.807) is 0 Å². The van der Waals surface area contributed by atoms with Crippen molar-refractivity contribution in [1.29, 1.82) is 0 Å². The maximum atomic E-state index is 5.21. The first-order chi connectivity index (χ1) is 9.06. The van der Waals surface area contributed by atoms with Gasteiger partial charge in [-0.1, -0.05) is 69.8 Å². The largest absolute Gasteiger partial charge is 0.365 e. The Morgan fingerprint density at radius 1 is 1.26 bits per heavy atom. The standard InChI is InChI=1S/C18H30O/c1-6-14-19-15-13-18(5)12-8-11-17(4)10-7-9-16(2)3/h1,8,12-13,16-17H,7,9-11,14-15H2,2-5H3. The van der Waals surface area contributed by atoms with Gasteiger partial charge >= 0.3 is 0 Å². The molecule has 0 rings (SSSR count). The lowest BCUT2D eigenvalue weighted by molar-refractivity contribution is 0.199. The van der Waals surface area contributed by atoms with Crippen LogP contribution in [0.3, 0.4) is 0 Å². The van der Waals surface area contributed by atoms with E-state index in [1.165, 1.54) is 24.8 Å². The van der Waals surface area contributed by atoms with Crippen molar-refractivity contribution < 1.29 is 4.74 Å². The fraction of sp³-hybridized carbons (Fsp3) is 0.667. The average molecular weight is 262 g/mol. The van der Waals surface area contributed by atoms with Crippen molar-refractivity contribution >= 4 is 0 Å². The number of rotatable bonds is 10. The van der Waals surface area contributed by atoms with Crippen LogP contribution in [0.4, 0.5) is 0 Å². The summed E-state index contributed by atoms with van der Waals surface area (Å²) in [7, 11) is 0. The molecule has 0 aliphatic heterocycles. The molecular formula is C18H30O. The zero-order valence-corrected chi connectivity index (χ0v) is 13.1. The topological polar surface area (TPSA) is 9.23 Å². The first-order valence-electron chi connectivity index (χ1n) is 7.40. The van der Waals surface area contributed by atoms with Crippen molar-refractivity contribution in [3.63, 3.8) is 0 Å². The normalized spacial score (nSPS) is 14.0. The molecule has 0 radical (unpaired) electrons. The van der Waals surface area contributed by atoms with Crippen LogP contribution in [0.15, 0.2) is 23.8 Å². The van der Waals surface area contributed by atoms with Crippen LogP contribution >= 0.6 is 0 Å². The number of hydrogen-bond donors (Lipinski definition) is 0. The van der Waals surface area contributed by atoms with Gasteiger partial charge in [-0.25, -0.2) is 0 Å². The zero-order valence-electron chi connectivity index (χ0n) is 13.1. The third kappa shape index (κ3) is 13.2. The second-order valence-corrected chi connectivity index (χ2v) is 5.74. The van der Waals surface area contributed by atoms with E-state index in [0.29, 0.717) is 13.2 Å². The van der Waals surface area contributed by atoms with Crippen molar-refractivity contribution in [2.24, 2.45) is 11.8 Å². The lowest BCUT2D eigenvalue weighted by Gasteiger charge is -2.09. The van der Waals surface area contributed by atoms with Gasteiger partial charge < -0.3 is 4.74 Å². The Labute approximate surface area is 120 Å². The number of ether oxygens (including phenoxy) is 1. The van der Waals surface area contributed by atoms with E-state index in [0.717, 1.165) is 18.3 Å². The Hall–Kier alpha value is -1.00. The molecular weight excluding hydrogens is 232 g/mol. The molecule has 0 N–H and O–H groups in total. The molecule has 0 spiro atoms. The quantitative estimate of drug-likeness (QED) is 0.306. The molecule has 0 aliphatic carbocycles. The lowest BCUT2D eigenvalue weighted by Crippen LogP contribution is -1.95. The molecule has 0 aliphatic rings. The summed E-state index contributed by atoms with van der Waals surface area (Å²) >= 11 is 0. The number of terminal acetylenes is 1. The van der Waals surface area contributed by atoms with Crippen molar-refractivity contribution in [2.45, 2.75) is 53.4 Å². The Bertz CT molecular complexity index is 304. The van der Waals surface area contributed by atoms with Gasteiger partial charge in [0, 0.05) is 0 Å². The van der Waals surface area contributed by atoms with E-state index in [4.69, 9.17) is 11.2 Å². The summed E-state index contributed by atoms with van der Waals surface area (Å²) < 4.78 is 5.21. The molecule has 108 valence electrons. The SMILES string of the molecule is C#CCOCC=C(C)C=CCC(C)CCCC(C)C. The van der Waals surface area contributed by atoms with E-state index in [1.807, 2.05) is 0 Å². The Kier molecular flexibility index (Phi) is 11.4. The molecule has 0 aromatic rings. The predicted molar refractivity (Wildman–Crippen MR) is 85.0 cm³/mol. The van der Waals surface area contributed by atoms with E-state index in [-0.39, 0.29) is 0 Å². The Morgan fingerprint density at radius 2 is 2.00 bits per heavy atom. The van der Waals surface area contributed by atoms with E-state index in [9.17, 15) is 0 Å². The first-order valence-corrected chi connectivity index (χ1v) is 7.40. The van der Waals surface area contributed by atoms with Gasteiger partial charge in [-0.15, -0.1) is 6.42 Å². The van der Waals surface area contributed by atoms with Gasteiger partial charge in [-0.2, -0.15) is 0 Å². The summed E-state index contributed by atoms with van der Waals surface area (Å²) in [6.07, 6.45) is 16.8. The molecule has 0 saturated heterocycles. The van der Waals surface area contributed by atoms with Crippen molar-refractivity contribution in [2.75, 3.05) is 13.2 Å². The molecule has 0 fully saturated rings. The summed E-state index contributed by atoms with van der Waals surface area (Å²) in [6, 6.07) is 0. The van der Waals surface area contributed by atoms with Crippen LogP contribution in [0.1, 0.15) is 53.4 Å². The Balaban J connectivity index is 3.72. The third-order valence-electron chi connectivity index (χ3n) is 3.11. The summed E-state index contributed by atoms with van der Waals surface area (Å²) in [5.41, 5.74) is 1.24. The van der Waals surface area contributed by atoms with Gasteiger partial charge in [0.2, 0.25) is 0 Å². The molecule has 1 atom stereocenters. The summed E-state index contributed by atoms with van der Waals surface area (Å²) in [5.74, 6) is 4.07. The summed E-state index contributed by atoms with van der Waals surface area (Å²) in [4.78, 5) is 0. The minimum atomic E-state index is 0.389. The maximum Gasteiger partial charge on any atom is 0.107 e. The molecule has 0 bridgehead atoms. The van der Waals surface area contributed by atoms with Crippen LogP contribution in [0, 0.1) is 24.2 Å². The highest BCUT2D eigenvalue weighted by Gasteiger charge is 2.00. The van der Waals surface area contributed by atoms with Crippen LogP contribution in [0.5, 0.6) is 0 Å². The lowest BCUT2D eigenvalue weighted by atomic mass is 9.97.